The van der Waals surface area contributed by atoms with Crippen LogP contribution in [0.25, 0.3) is 0 Å². The number of piperazine rings is 1. The summed E-state index contributed by atoms with van der Waals surface area (Å²) in [4.78, 5) is 22.5. The summed E-state index contributed by atoms with van der Waals surface area (Å²) in [6.07, 6.45) is 1.06. The molecular weight excluding hydrogens is 368 g/mol. The number of rotatable bonds is 6. The van der Waals surface area contributed by atoms with Gasteiger partial charge in [-0.15, -0.1) is 0 Å². The second-order valence-corrected chi connectivity index (χ2v) is 7.59. The third-order valence-electron chi connectivity index (χ3n) is 5.72. The molecule has 29 heavy (non-hydrogen) atoms. The summed E-state index contributed by atoms with van der Waals surface area (Å²) in [5, 5.41) is 6.98. The van der Waals surface area contributed by atoms with Crippen LogP contribution in [0.4, 0.5) is 5.69 Å². The number of anilines is 1. The quantitative estimate of drug-likeness (QED) is 0.536. The van der Waals surface area contributed by atoms with Gasteiger partial charge in [0.15, 0.2) is 5.96 Å². The lowest BCUT2D eigenvalue weighted by Crippen LogP contribution is -2.51. The molecule has 0 aromatic heterocycles. The van der Waals surface area contributed by atoms with E-state index in [2.05, 4.69) is 37.6 Å². The first-order valence-corrected chi connectivity index (χ1v) is 10.4. The van der Waals surface area contributed by atoms with Gasteiger partial charge in [-0.05, 0) is 18.6 Å². The second kappa shape index (κ2) is 10.3. The monoisotopic (exact) mass is 402 g/mol. The molecule has 0 radical (unpaired) electrons. The third-order valence-corrected chi connectivity index (χ3v) is 5.72. The van der Waals surface area contributed by atoms with Crippen LogP contribution >= 0.6 is 0 Å². The molecule has 2 aliphatic heterocycles. The van der Waals surface area contributed by atoms with Crippen molar-refractivity contribution in [2.45, 2.75) is 19.4 Å². The SMILES string of the molecule is CN=C(NCCN1CCN(C(C)=O)CC1)NC1CCN(c2ccccc2OC)C1. The Bertz CT molecular complexity index is 702. The molecular formula is C21H34N6O2. The van der Waals surface area contributed by atoms with E-state index in [0.717, 1.165) is 76.2 Å². The fourth-order valence-electron chi connectivity index (χ4n) is 3.99. The first kappa shape index (κ1) is 21.2. The van der Waals surface area contributed by atoms with Crippen LogP contribution in [0.5, 0.6) is 5.75 Å². The Morgan fingerprint density at radius 3 is 2.66 bits per heavy atom. The summed E-state index contributed by atoms with van der Waals surface area (Å²) in [6, 6.07) is 8.52. The van der Waals surface area contributed by atoms with Crippen molar-refractivity contribution in [3.63, 3.8) is 0 Å². The molecule has 2 fully saturated rings. The van der Waals surface area contributed by atoms with E-state index in [1.807, 2.05) is 24.1 Å². The molecule has 0 spiro atoms. The van der Waals surface area contributed by atoms with Gasteiger partial charge in [0.1, 0.15) is 5.75 Å². The van der Waals surface area contributed by atoms with Crippen LogP contribution in [-0.4, -0.2) is 94.2 Å². The molecule has 8 heteroatoms. The molecule has 1 amide bonds. The van der Waals surface area contributed by atoms with Crippen molar-refractivity contribution >= 4 is 17.6 Å². The Balaban J connectivity index is 1.40. The topological polar surface area (TPSA) is 72.4 Å². The van der Waals surface area contributed by atoms with Gasteiger partial charge in [-0.2, -0.15) is 0 Å². The molecule has 160 valence electrons. The number of hydrogen-bond acceptors (Lipinski definition) is 5. The van der Waals surface area contributed by atoms with Crippen LogP contribution in [0, 0.1) is 0 Å². The lowest BCUT2D eigenvalue weighted by atomic mass is 10.2. The Labute approximate surface area is 173 Å². The molecule has 1 aromatic rings. The van der Waals surface area contributed by atoms with Gasteiger partial charge >= 0.3 is 0 Å². The number of benzene rings is 1. The van der Waals surface area contributed by atoms with Gasteiger partial charge in [0.2, 0.25) is 5.91 Å². The lowest BCUT2D eigenvalue weighted by Gasteiger charge is -2.34. The summed E-state index contributed by atoms with van der Waals surface area (Å²) in [6.45, 7) is 8.86. The minimum Gasteiger partial charge on any atom is -0.495 e. The first-order valence-electron chi connectivity index (χ1n) is 10.4. The lowest BCUT2D eigenvalue weighted by molar-refractivity contribution is -0.130. The number of carbonyl (C=O) groups excluding carboxylic acids is 1. The predicted octanol–water partition coefficient (Wildman–Crippen LogP) is 0.603. The summed E-state index contributed by atoms with van der Waals surface area (Å²) >= 11 is 0. The first-order chi connectivity index (χ1) is 14.1. The van der Waals surface area contributed by atoms with E-state index in [9.17, 15) is 4.79 Å². The van der Waals surface area contributed by atoms with E-state index in [1.54, 1.807) is 14.0 Å². The smallest absolute Gasteiger partial charge is 0.219 e. The highest BCUT2D eigenvalue weighted by molar-refractivity contribution is 5.80. The predicted molar refractivity (Wildman–Crippen MR) is 117 cm³/mol. The van der Waals surface area contributed by atoms with E-state index in [4.69, 9.17) is 4.74 Å². The average molecular weight is 403 g/mol. The van der Waals surface area contributed by atoms with Crippen LogP contribution < -0.4 is 20.3 Å². The zero-order valence-electron chi connectivity index (χ0n) is 17.9. The number of methoxy groups -OCH3 is 1. The van der Waals surface area contributed by atoms with Gasteiger partial charge in [-0.3, -0.25) is 14.7 Å². The molecule has 2 heterocycles. The molecule has 0 aliphatic carbocycles. The number of para-hydroxylation sites is 2. The van der Waals surface area contributed by atoms with Crippen LogP contribution in [0.1, 0.15) is 13.3 Å². The second-order valence-electron chi connectivity index (χ2n) is 7.59. The molecule has 1 aromatic carbocycles. The normalized spacial score (nSPS) is 20.7. The van der Waals surface area contributed by atoms with Crippen molar-refractivity contribution < 1.29 is 9.53 Å². The molecule has 8 nitrogen and oxygen atoms in total. The number of amides is 1. The van der Waals surface area contributed by atoms with Gasteiger partial charge in [0.05, 0.1) is 12.8 Å². The maximum atomic E-state index is 11.4. The zero-order chi connectivity index (χ0) is 20.6. The fourth-order valence-corrected chi connectivity index (χ4v) is 3.99. The maximum Gasteiger partial charge on any atom is 0.219 e. The largest absolute Gasteiger partial charge is 0.495 e. The van der Waals surface area contributed by atoms with Gasteiger partial charge in [0, 0.05) is 72.4 Å². The standard InChI is InChI=1S/C21H34N6O2/c1-17(28)26-14-12-25(13-15-26)11-9-23-21(22-2)24-18-8-10-27(16-18)19-6-4-5-7-20(19)29-3/h4-7,18H,8-16H2,1-3H3,(H2,22,23,24). The minimum atomic E-state index is 0.172. The van der Waals surface area contributed by atoms with Gasteiger partial charge < -0.3 is 25.2 Å². The summed E-state index contributed by atoms with van der Waals surface area (Å²) < 4.78 is 5.50. The van der Waals surface area contributed by atoms with Crippen LogP contribution in [0.2, 0.25) is 0 Å². The van der Waals surface area contributed by atoms with Crippen molar-refractivity contribution in [2.24, 2.45) is 4.99 Å². The van der Waals surface area contributed by atoms with Crippen LogP contribution in [0.3, 0.4) is 0 Å². The van der Waals surface area contributed by atoms with Crippen molar-refractivity contribution in [1.29, 1.82) is 0 Å². The number of hydrogen-bond donors (Lipinski definition) is 2. The number of nitrogens with zero attached hydrogens (tertiary/aromatic N) is 4. The molecule has 2 aliphatic rings. The minimum absolute atomic E-state index is 0.172. The van der Waals surface area contributed by atoms with Gasteiger partial charge in [-0.25, -0.2) is 0 Å². The molecule has 1 atom stereocenters. The van der Waals surface area contributed by atoms with E-state index in [0.29, 0.717) is 6.04 Å². The van der Waals surface area contributed by atoms with E-state index in [1.165, 1.54) is 0 Å². The summed E-state index contributed by atoms with van der Waals surface area (Å²) in [5.41, 5.74) is 1.15. The molecule has 3 rings (SSSR count). The highest BCUT2D eigenvalue weighted by Gasteiger charge is 2.25. The Hall–Kier alpha value is -2.48. The Morgan fingerprint density at radius 1 is 1.21 bits per heavy atom. The number of carbonyl (C=O) groups is 1. The van der Waals surface area contributed by atoms with E-state index < -0.39 is 0 Å². The molecule has 0 saturated carbocycles. The highest BCUT2D eigenvalue weighted by atomic mass is 16.5. The zero-order valence-corrected chi connectivity index (χ0v) is 17.9. The van der Waals surface area contributed by atoms with Gasteiger partial charge in [0.25, 0.3) is 0 Å². The number of ether oxygens (including phenoxy) is 1. The molecule has 0 bridgehead atoms. The van der Waals surface area contributed by atoms with Crippen LogP contribution in [0.15, 0.2) is 29.3 Å². The van der Waals surface area contributed by atoms with Crippen LogP contribution in [-0.2, 0) is 4.79 Å². The average Bonchev–Trinajstić information content (AvgIpc) is 3.21. The van der Waals surface area contributed by atoms with E-state index in [-0.39, 0.29) is 5.91 Å². The number of aliphatic imine (C=N–C) groups is 1. The third kappa shape index (κ3) is 5.76. The number of nitrogens with one attached hydrogen (secondary N) is 2. The molecule has 2 N–H and O–H groups in total. The highest BCUT2D eigenvalue weighted by Crippen LogP contribution is 2.30. The summed E-state index contributed by atoms with van der Waals surface area (Å²) in [5.74, 6) is 1.94. The van der Waals surface area contributed by atoms with Crippen molar-refractivity contribution in [1.82, 2.24) is 20.4 Å². The fraction of sp³-hybridized carbons (Fsp3) is 0.619. The van der Waals surface area contributed by atoms with Crippen molar-refractivity contribution in [2.75, 3.05) is 71.4 Å². The number of guanidine groups is 1. The molecule has 1 unspecified atom stereocenters. The van der Waals surface area contributed by atoms with Crippen molar-refractivity contribution in [3.8, 4) is 5.75 Å². The maximum absolute atomic E-state index is 11.4. The molecule has 2 saturated heterocycles. The Morgan fingerprint density at radius 2 is 1.97 bits per heavy atom. The Kier molecular flexibility index (Phi) is 7.57. The van der Waals surface area contributed by atoms with Gasteiger partial charge in [-0.1, -0.05) is 12.1 Å². The van der Waals surface area contributed by atoms with Crippen molar-refractivity contribution in [3.05, 3.63) is 24.3 Å². The van der Waals surface area contributed by atoms with E-state index >= 15 is 0 Å². The summed E-state index contributed by atoms with van der Waals surface area (Å²) in [7, 11) is 3.53.